The molecule has 2 aromatic heterocycles. The number of aryl methyl sites for hydroxylation is 1. The van der Waals surface area contributed by atoms with E-state index in [1.807, 2.05) is 0 Å². The normalized spacial score (nSPS) is 20.2. The molecule has 0 spiro atoms. The third-order valence-corrected chi connectivity index (χ3v) is 3.99. The lowest BCUT2D eigenvalue weighted by Gasteiger charge is -2.15. The molecule has 0 saturated heterocycles. The van der Waals surface area contributed by atoms with Crippen molar-refractivity contribution < 1.29 is 0 Å². The quantitative estimate of drug-likeness (QED) is 0.802. The average molecular weight is 220 g/mol. The first kappa shape index (κ1) is 9.03. The van der Waals surface area contributed by atoms with Gasteiger partial charge in [0.1, 0.15) is 6.33 Å². The lowest BCUT2D eigenvalue weighted by atomic mass is 9.93. The summed E-state index contributed by atoms with van der Waals surface area (Å²) >= 11 is 1.75. The van der Waals surface area contributed by atoms with Gasteiger partial charge in [-0.05, 0) is 25.2 Å². The van der Waals surface area contributed by atoms with Gasteiger partial charge in [0.05, 0.1) is 5.69 Å². The number of rotatable bonds is 1. The van der Waals surface area contributed by atoms with Gasteiger partial charge >= 0.3 is 0 Å². The van der Waals surface area contributed by atoms with Gasteiger partial charge in [0.15, 0.2) is 10.8 Å². The summed E-state index contributed by atoms with van der Waals surface area (Å²) in [6, 6.07) is 0. The Morgan fingerprint density at radius 1 is 1.53 bits per heavy atom. The van der Waals surface area contributed by atoms with Crippen LogP contribution in [0, 0.1) is 0 Å². The molecule has 1 N–H and O–H groups in total. The zero-order valence-electron chi connectivity index (χ0n) is 8.53. The lowest BCUT2D eigenvalue weighted by Crippen LogP contribution is -2.04. The second-order valence-corrected chi connectivity index (χ2v) is 5.04. The molecule has 15 heavy (non-hydrogen) atoms. The summed E-state index contributed by atoms with van der Waals surface area (Å²) in [5.41, 5.74) is 1.28. The Morgan fingerprint density at radius 3 is 3.20 bits per heavy atom. The summed E-state index contributed by atoms with van der Waals surface area (Å²) in [6.45, 7) is 2.25. The molecule has 1 aliphatic rings. The molecular formula is C10H12N4S. The molecule has 0 radical (unpaired) electrons. The number of H-pyrrole nitrogens is 1. The van der Waals surface area contributed by atoms with Crippen LogP contribution in [-0.4, -0.2) is 20.2 Å². The van der Waals surface area contributed by atoms with Crippen LogP contribution in [0.1, 0.15) is 36.3 Å². The Hall–Kier alpha value is -1.23. The maximum Gasteiger partial charge on any atom is 0.184 e. The first-order chi connectivity index (χ1) is 7.34. The highest BCUT2D eigenvalue weighted by Crippen LogP contribution is 2.36. The first-order valence-corrected chi connectivity index (χ1v) is 6.01. The van der Waals surface area contributed by atoms with Crippen molar-refractivity contribution in [1.82, 2.24) is 20.2 Å². The maximum atomic E-state index is 4.66. The van der Waals surface area contributed by atoms with Crippen LogP contribution >= 0.6 is 11.3 Å². The number of thiazole rings is 1. The van der Waals surface area contributed by atoms with E-state index in [1.165, 1.54) is 36.2 Å². The second kappa shape index (κ2) is 3.41. The largest absolute Gasteiger partial charge is 0.257 e. The highest BCUT2D eigenvalue weighted by atomic mass is 32.1. The summed E-state index contributed by atoms with van der Waals surface area (Å²) in [5, 5.41) is 7.70. The van der Waals surface area contributed by atoms with Gasteiger partial charge in [-0.15, -0.1) is 11.3 Å². The van der Waals surface area contributed by atoms with Gasteiger partial charge in [0, 0.05) is 4.88 Å². The lowest BCUT2D eigenvalue weighted by molar-refractivity contribution is 0.584. The van der Waals surface area contributed by atoms with Crippen molar-refractivity contribution in [2.75, 3.05) is 0 Å². The number of hydrogen-bond donors (Lipinski definition) is 1. The topological polar surface area (TPSA) is 54.5 Å². The molecular weight excluding hydrogens is 208 g/mol. The Balaban J connectivity index is 2.06. The van der Waals surface area contributed by atoms with Gasteiger partial charge in [-0.2, -0.15) is 5.10 Å². The van der Waals surface area contributed by atoms with Crippen LogP contribution in [0.4, 0.5) is 0 Å². The van der Waals surface area contributed by atoms with E-state index in [-0.39, 0.29) is 0 Å². The molecule has 2 aromatic rings. The van der Waals surface area contributed by atoms with Crippen LogP contribution in [0.5, 0.6) is 0 Å². The van der Waals surface area contributed by atoms with E-state index < -0.39 is 0 Å². The molecule has 1 aliphatic carbocycles. The fourth-order valence-electron chi connectivity index (χ4n) is 2.04. The molecule has 1 unspecified atom stereocenters. The van der Waals surface area contributed by atoms with Crippen molar-refractivity contribution in [3.8, 4) is 10.8 Å². The van der Waals surface area contributed by atoms with Crippen molar-refractivity contribution >= 4 is 11.3 Å². The van der Waals surface area contributed by atoms with Gasteiger partial charge in [-0.3, -0.25) is 5.10 Å². The molecule has 2 heterocycles. The van der Waals surface area contributed by atoms with E-state index in [4.69, 9.17) is 0 Å². The third-order valence-electron chi connectivity index (χ3n) is 2.85. The van der Waals surface area contributed by atoms with Gasteiger partial charge in [-0.25, -0.2) is 9.97 Å². The van der Waals surface area contributed by atoms with Crippen molar-refractivity contribution in [1.29, 1.82) is 0 Å². The minimum Gasteiger partial charge on any atom is -0.257 e. The van der Waals surface area contributed by atoms with Gasteiger partial charge in [0.2, 0.25) is 0 Å². The summed E-state index contributed by atoms with van der Waals surface area (Å²) < 4.78 is 0. The Bertz CT molecular complexity index is 460. The van der Waals surface area contributed by atoms with E-state index >= 15 is 0 Å². The number of nitrogens with zero attached hydrogens (tertiary/aromatic N) is 3. The maximum absolute atomic E-state index is 4.66. The zero-order chi connectivity index (χ0) is 10.3. The van der Waals surface area contributed by atoms with E-state index in [9.17, 15) is 0 Å². The van der Waals surface area contributed by atoms with Crippen LogP contribution in [-0.2, 0) is 6.42 Å². The van der Waals surface area contributed by atoms with Gasteiger partial charge in [-0.1, -0.05) is 6.92 Å². The predicted octanol–water partition coefficient (Wildman–Crippen LogP) is 2.37. The fraction of sp³-hybridized carbons (Fsp3) is 0.500. The van der Waals surface area contributed by atoms with Crippen molar-refractivity contribution in [3.63, 3.8) is 0 Å². The molecule has 0 bridgehead atoms. The molecule has 0 aliphatic heterocycles. The number of aromatic amines is 1. The SMILES string of the molecule is CC1CCCc2sc(-c3ncn[nH]3)nc21. The van der Waals surface area contributed by atoms with Crippen LogP contribution in [0.25, 0.3) is 10.8 Å². The molecule has 3 rings (SSSR count). The molecule has 1 atom stereocenters. The third kappa shape index (κ3) is 1.47. The molecule has 0 saturated carbocycles. The first-order valence-electron chi connectivity index (χ1n) is 5.20. The number of aromatic nitrogens is 4. The predicted molar refractivity (Wildman–Crippen MR) is 58.8 cm³/mol. The van der Waals surface area contributed by atoms with Crippen LogP contribution in [0.15, 0.2) is 6.33 Å². The van der Waals surface area contributed by atoms with E-state index in [0.717, 1.165) is 10.8 Å². The molecule has 0 amide bonds. The smallest absolute Gasteiger partial charge is 0.184 e. The van der Waals surface area contributed by atoms with E-state index in [2.05, 4.69) is 27.1 Å². The van der Waals surface area contributed by atoms with Crippen molar-refractivity contribution in [2.24, 2.45) is 0 Å². The molecule has 78 valence electrons. The Labute approximate surface area is 91.8 Å². The monoisotopic (exact) mass is 220 g/mol. The molecule has 0 aromatic carbocycles. The summed E-state index contributed by atoms with van der Waals surface area (Å²) in [6.07, 6.45) is 5.24. The van der Waals surface area contributed by atoms with Crippen LogP contribution in [0.3, 0.4) is 0 Å². The van der Waals surface area contributed by atoms with E-state index in [1.54, 1.807) is 11.3 Å². The fourth-order valence-corrected chi connectivity index (χ4v) is 3.21. The Kier molecular flexibility index (Phi) is 2.05. The highest BCUT2D eigenvalue weighted by Gasteiger charge is 2.22. The summed E-state index contributed by atoms with van der Waals surface area (Å²) in [5.74, 6) is 1.39. The highest BCUT2D eigenvalue weighted by molar-refractivity contribution is 7.15. The van der Waals surface area contributed by atoms with Gasteiger partial charge in [0.25, 0.3) is 0 Å². The number of fused-ring (bicyclic) bond motifs is 1. The average Bonchev–Trinajstić information content (AvgIpc) is 2.86. The summed E-state index contributed by atoms with van der Waals surface area (Å²) in [7, 11) is 0. The minimum atomic E-state index is 0.599. The van der Waals surface area contributed by atoms with Crippen molar-refractivity contribution in [3.05, 3.63) is 16.9 Å². The van der Waals surface area contributed by atoms with Crippen molar-refractivity contribution in [2.45, 2.75) is 32.1 Å². The second-order valence-electron chi connectivity index (χ2n) is 3.95. The summed E-state index contributed by atoms with van der Waals surface area (Å²) in [4.78, 5) is 10.2. The van der Waals surface area contributed by atoms with Crippen LogP contribution in [0.2, 0.25) is 0 Å². The molecule has 5 heteroatoms. The minimum absolute atomic E-state index is 0.599. The van der Waals surface area contributed by atoms with Gasteiger partial charge < -0.3 is 0 Å². The van der Waals surface area contributed by atoms with E-state index in [0.29, 0.717) is 5.92 Å². The standard InChI is InChI=1S/C10H12N4S/c1-6-3-2-4-7-8(6)13-10(15-7)9-11-5-12-14-9/h5-6H,2-4H2,1H3,(H,11,12,14). The Morgan fingerprint density at radius 2 is 2.47 bits per heavy atom. The van der Waals surface area contributed by atoms with Crippen LogP contribution < -0.4 is 0 Å². The number of nitrogens with one attached hydrogen (secondary N) is 1. The molecule has 0 fully saturated rings. The molecule has 4 nitrogen and oxygen atoms in total. The number of hydrogen-bond acceptors (Lipinski definition) is 4. The zero-order valence-corrected chi connectivity index (χ0v) is 9.34.